The second-order valence-electron chi connectivity index (χ2n) is 13.2. The highest BCUT2D eigenvalue weighted by Gasteiger charge is 2.75. The van der Waals surface area contributed by atoms with E-state index in [-0.39, 0.29) is 26.0 Å². The van der Waals surface area contributed by atoms with Gasteiger partial charge in [-0.3, -0.25) is 19.2 Å². The molecule has 4 aliphatic rings. The molecule has 12 heteroatoms. The second kappa shape index (κ2) is 14.7. The number of aliphatic hydroxyl groups excluding tert-OH is 1. The zero-order chi connectivity index (χ0) is 35.7. The quantitative estimate of drug-likeness (QED) is 0.270. The Balaban J connectivity index is 1.36. The van der Waals surface area contributed by atoms with Crippen molar-refractivity contribution in [3.05, 3.63) is 124 Å². The van der Waals surface area contributed by atoms with Crippen molar-refractivity contribution in [1.82, 2.24) is 10.2 Å². The van der Waals surface area contributed by atoms with Crippen molar-refractivity contribution in [2.75, 3.05) is 24.7 Å². The summed E-state index contributed by atoms with van der Waals surface area (Å²) in [7, 11) is 0. The molecule has 0 radical (unpaired) electrons. The molecule has 5 bridgehead atoms. The number of cyclic esters (lactones) is 1. The van der Waals surface area contributed by atoms with Gasteiger partial charge in [0.25, 0.3) is 5.91 Å². The number of benzene rings is 3. The predicted molar refractivity (Wildman–Crippen MR) is 194 cm³/mol. The lowest BCUT2D eigenvalue weighted by atomic mass is 9.74. The summed E-state index contributed by atoms with van der Waals surface area (Å²) < 4.78 is 12.9. The van der Waals surface area contributed by atoms with Crippen LogP contribution in [0.5, 0.6) is 0 Å². The molecule has 0 saturated carbocycles. The molecule has 7 rings (SSSR count). The summed E-state index contributed by atoms with van der Waals surface area (Å²) in [4.78, 5) is 60.4. The Bertz CT molecular complexity index is 1870. The number of carbonyl (C=O) groups excluding carboxylic acids is 4. The SMILES string of the molecule is O=C1CC/C=C\CN(c2ccccc2Cl)C(=O)[C@@H]2N([C@@H](CO)Cc3ccccc3)C(=O)[C@H]3[C@H](C(=O)N[C@H](c4ccccc4)CO1)[C@H]1O[C@@]23C=C1Br. The van der Waals surface area contributed by atoms with E-state index in [0.29, 0.717) is 21.6 Å². The largest absolute Gasteiger partial charge is 0.463 e. The number of allylic oxidation sites excluding steroid dienone is 1. The van der Waals surface area contributed by atoms with Crippen molar-refractivity contribution >= 4 is 56.9 Å². The first-order chi connectivity index (χ1) is 24.7. The van der Waals surface area contributed by atoms with E-state index in [1.54, 1.807) is 42.5 Å². The Morgan fingerprint density at radius 2 is 1.65 bits per heavy atom. The number of halogens is 2. The average Bonchev–Trinajstić information content (AvgIpc) is 3.74. The van der Waals surface area contributed by atoms with Crippen molar-refractivity contribution in [2.45, 2.75) is 49.1 Å². The molecule has 2 fully saturated rings. The smallest absolute Gasteiger partial charge is 0.306 e. The molecule has 264 valence electrons. The van der Waals surface area contributed by atoms with Crippen molar-refractivity contribution in [3.63, 3.8) is 0 Å². The molecular weight excluding hydrogens is 738 g/mol. The van der Waals surface area contributed by atoms with Crippen LogP contribution in [0.15, 0.2) is 108 Å². The molecule has 4 heterocycles. The number of para-hydroxylation sites is 1. The Morgan fingerprint density at radius 1 is 0.941 bits per heavy atom. The fourth-order valence-corrected chi connectivity index (χ4v) is 8.79. The minimum atomic E-state index is -1.55. The van der Waals surface area contributed by atoms with Gasteiger partial charge in [0.05, 0.1) is 41.2 Å². The number of carbonyl (C=O) groups is 4. The zero-order valence-electron chi connectivity index (χ0n) is 27.6. The minimum absolute atomic E-state index is 0.0632. The van der Waals surface area contributed by atoms with E-state index in [1.165, 1.54) is 9.80 Å². The van der Waals surface area contributed by atoms with Crippen LogP contribution < -0.4 is 10.2 Å². The number of aliphatic hydroxyl groups is 1. The molecule has 7 atom stereocenters. The molecule has 0 aromatic heterocycles. The first-order valence-corrected chi connectivity index (χ1v) is 18.2. The van der Waals surface area contributed by atoms with Crippen molar-refractivity contribution in [1.29, 1.82) is 0 Å². The predicted octanol–water partition coefficient (Wildman–Crippen LogP) is 4.90. The maximum absolute atomic E-state index is 15.2. The fraction of sp³-hybridized carbons (Fsp3) is 0.333. The van der Waals surface area contributed by atoms with Crippen molar-refractivity contribution in [2.24, 2.45) is 11.8 Å². The van der Waals surface area contributed by atoms with Crippen molar-refractivity contribution < 1.29 is 33.8 Å². The molecule has 1 spiro atoms. The Hall–Kier alpha value is -4.29. The number of nitrogens with one attached hydrogen (secondary N) is 1. The van der Waals surface area contributed by atoms with Gasteiger partial charge in [0.2, 0.25) is 11.8 Å². The number of likely N-dealkylation sites (tertiary alicyclic amines) is 1. The van der Waals surface area contributed by atoms with E-state index in [4.69, 9.17) is 21.1 Å². The minimum Gasteiger partial charge on any atom is -0.463 e. The van der Waals surface area contributed by atoms with Gasteiger partial charge in [0.15, 0.2) is 0 Å². The lowest BCUT2D eigenvalue weighted by molar-refractivity contribution is -0.146. The number of nitrogens with zero attached hydrogens (tertiary/aromatic N) is 2. The average molecular weight is 775 g/mol. The highest BCUT2D eigenvalue weighted by Crippen LogP contribution is 2.59. The number of hydrogen-bond acceptors (Lipinski definition) is 7. The third-order valence-electron chi connectivity index (χ3n) is 10.1. The molecule has 0 unspecified atom stereocenters. The summed E-state index contributed by atoms with van der Waals surface area (Å²) in [5, 5.41) is 14.3. The van der Waals surface area contributed by atoms with Gasteiger partial charge in [-0.2, -0.15) is 0 Å². The van der Waals surface area contributed by atoms with Crippen LogP contribution in [0.3, 0.4) is 0 Å². The molecule has 51 heavy (non-hydrogen) atoms. The monoisotopic (exact) mass is 773 g/mol. The molecule has 3 aromatic carbocycles. The van der Waals surface area contributed by atoms with Crippen LogP contribution in [0.4, 0.5) is 5.69 Å². The fourth-order valence-electron chi connectivity index (χ4n) is 7.81. The number of rotatable bonds is 6. The third kappa shape index (κ3) is 6.52. The van der Waals surface area contributed by atoms with Gasteiger partial charge in [0.1, 0.15) is 24.4 Å². The number of amides is 3. The van der Waals surface area contributed by atoms with Crippen LogP contribution in [-0.2, 0) is 35.1 Å². The van der Waals surface area contributed by atoms with Crippen LogP contribution in [0, 0.1) is 11.8 Å². The van der Waals surface area contributed by atoms with Gasteiger partial charge in [0, 0.05) is 17.4 Å². The first-order valence-electron chi connectivity index (χ1n) is 17.0. The van der Waals surface area contributed by atoms with Crippen LogP contribution in [-0.4, -0.2) is 77.2 Å². The van der Waals surface area contributed by atoms with Crippen LogP contribution >= 0.6 is 27.5 Å². The summed E-state index contributed by atoms with van der Waals surface area (Å²) in [6, 6.07) is 22.7. The van der Waals surface area contributed by atoms with E-state index in [2.05, 4.69) is 21.2 Å². The molecule has 3 amide bonds. The van der Waals surface area contributed by atoms with Gasteiger partial charge in [-0.05, 0) is 42.2 Å². The Labute approximate surface area is 309 Å². The van der Waals surface area contributed by atoms with Gasteiger partial charge in [-0.15, -0.1) is 0 Å². The maximum Gasteiger partial charge on any atom is 0.306 e. The summed E-state index contributed by atoms with van der Waals surface area (Å²) in [6.45, 7) is -0.492. The zero-order valence-corrected chi connectivity index (χ0v) is 29.9. The maximum atomic E-state index is 15.2. The lowest BCUT2D eigenvalue weighted by Gasteiger charge is -2.39. The molecule has 2 N–H and O–H groups in total. The van der Waals surface area contributed by atoms with E-state index >= 15 is 4.79 Å². The number of hydrogen-bond donors (Lipinski definition) is 2. The second-order valence-corrected chi connectivity index (χ2v) is 14.5. The number of esters is 1. The summed E-state index contributed by atoms with van der Waals surface area (Å²) in [5.74, 6) is -4.02. The van der Waals surface area contributed by atoms with Gasteiger partial charge in [-0.25, -0.2) is 0 Å². The molecule has 4 aliphatic heterocycles. The Morgan fingerprint density at radius 3 is 2.37 bits per heavy atom. The topological polar surface area (TPSA) is 125 Å². The number of ether oxygens (including phenoxy) is 2. The van der Waals surface area contributed by atoms with E-state index < -0.39 is 72.0 Å². The normalized spacial score (nSPS) is 29.3. The highest BCUT2D eigenvalue weighted by molar-refractivity contribution is 9.11. The summed E-state index contributed by atoms with van der Waals surface area (Å²) in [6.07, 6.45) is 5.15. The van der Waals surface area contributed by atoms with Gasteiger partial charge >= 0.3 is 5.97 Å². The number of fused-ring (bicyclic) bond motifs is 2. The van der Waals surface area contributed by atoms with E-state index in [9.17, 15) is 19.5 Å². The van der Waals surface area contributed by atoms with Crippen LogP contribution in [0.25, 0.3) is 0 Å². The van der Waals surface area contributed by atoms with Crippen LogP contribution in [0.2, 0.25) is 5.02 Å². The van der Waals surface area contributed by atoms with Gasteiger partial charge < -0.3 is 29.7 Å². The number of anilines is 1. The lowest BCUT2D eigenvalue weighted by Crippen LogP contribution is -2.59. The van der Waals surface area contributed by atoms with Gasteiger partial charge in [-0.1, -0.05) is 112 Å². The Kier molecular flexibility index (Phi) is 10.2. The van der Waals surface area contributed by atoms with E-state index in [1.807, 2.05) is 60.7 Å². The third-order valence-corrected chi connectivity index (χ3v) is 11.1. The highest BCUT2D eigenvalue weighted by atomic mass is 79.9. The molecule has 0 aliphatic carbocycles. The standard InChI is InChI=1S/C39H37BrClN3O7/c40-27-21-39-33-32(34(27)51-39)36(47)42-29(25-14-6-2-7-15-25)23-50-31(46)18-8-3-11-19-43(30-17-10-9-16-28(30)41)38(49)35(39)44(37(33)48)26(22-45)20-24-12-4-1-5-13-24/h1-7,9-17,21,26,29,32-35,45H,8,18-20,22-23H2,(H,42,47)/b11-3-/t26-,29+,32+,33-,34+,35+,39-/m1/s1. The molecule has 3 aromatic rings. The molecule has 2 saturated heterocycles. The van der Waals surface area contributed by atoms with E-state index in [0.717, 1.165) is 11.1 Å². The van der Waals surface area contributed by atoms with Crippen molar-refractivity contribution in [3.8, 4) is 0 Å². The molecular formula is C39H37BrClN3O7. The molecule has 10 nitrogen and oxygen atoms in total. The first kappa shape index (κ1) is 35.1. The van der Waals surface area contributed by atoms with Crippen LogP contribution in [0.1, 0.15) is 30.0 Å². The summed E-state index contributed by atoms with van der Waals surface area (Å²) in [5.41, 5.74) is 0.450. The summed E-state index contributed by atoms with van der Waals surface area (Å²) >= 11 is 10.3.